The Kier molecular flexibility index (Phi) is 4.95. The Morgan fingerprint density at radius 2 is 2.25 bits per heavy atom. The topological polar surface area (TPSA) is 72.6 Å². The molecule has 0 amide bonds. The summed E-state index contributed by atoms with van der Waals surface area (Å²) in [6, 6.07) is 5.05. The van der Waals surface area contributed by atoms with Crippen molar-refractivity contribution in [3.63, 3.8) is 0 Å². The second kappa shape index (κ2) is 6.34. The van der Waals surface area contributed by atoms with E-state index in [1.165, 1.54) is 11.4 Å². The second-order valence-corrected chi connectivity index (χ2v) is 7.84. The van der Waals surface area contributed by atoms with E-state index in [9.17, 15) is 8.42 Å². The number of ether oxygens (including phenoxy) is 1. The summed E-state index contributed by atoms with van der Waals surface area (Å²) in [5.74, 6) is 2.21. The standard InChI is InChI=1S/C13H20N2O3S2/c1-15(11-5-6-19-9-11)20(16,17)13-4-3-10(8-14)7-12(13)18-2/h3-4,7,11H,5-6,8-9,14H2,1-2H3. The molecule has 1 aliphatic heterocycles. The van der Waals surface area contributed by atoms with Crippen molar-refractivity contribution in [2.45, 2.75) is 23.9 Å². The van der Waals surface area contributed by atoms with Crippen LogP contribution in [0.3, 0.4) is 0 Å². The van der Waals surface area contributed by atoms with Gasteiger partial charge in [0.25, 0.3) is 0 Å². The molecule has 2 N–H and O–H groups in total. The highest BCUT2D eigenvalue weighted by molar-refractivity contribution is 7.99. The van der Waals surface area contributed by atoms with E-state index in [4.69, 9.17) is 10.5 Å². The number of nitrogens with zero attached hydrogens (tertiary/aromatic N) is 1. The minimum Gasteiger partial charge on any atom is -0.495 e. The summed E-state index contributed by atoms with van der Waals surface area (Å²) in [5.41, 5.74) is 6.42. The zero-order valence-corrected chi connectivity index (χ0v) is 13.3. The van der Waals surface area contributed by atoms with Gasteiger partial charge >= 0.3 is 0 Å². The first kappa shape index (κ1) is 15.6. The van der Waals surface area contributed by atoms with Crippen LogP contribution in [0.2, 0.25) is 0 Å². The molecule has 0 aromatic heterocycles. The molecule has 20 heavy (non-hydrogen) atoms. The van der Waals surface area contributed by atoms with E-state index in [-0.39, 0.29) is 10.9 Å². The largest absolute Gasteiger partial charge is 0.495 e. The predicted octanol–water partition coefficient (Wildman–Crippen LogP) is 1.28. The molecule has 0 spiro atoms. The monoisotopic (exact) mass is 316 g/mol. The third-order valence-corrected chi connectivity index (χ3v) is 6.63. The van der Waals surface area contributed by atoms with Crippen LogP contribution in [-0.4, -0.2) is 44.4 Å². The lowest BCUT2D eigenvalue weighted by atomic mass is 10.2. The Balaban J connectivity index is 2.37. The van der Waals surface area contributed by atoms with E-state index in [2.05, 4.69) is 0 Å². The first-order chi connectivity index (χ1) is 9.50. The van der Waals surface area contributed by atoms with Gasteiger partial charge in [-0.25, -0.2) is 8.42 Å². The van der Waals surface area contributed by atoms with Crippen molar-refractivity contribution < 1.29 is 13.2 Å². The molecule has 1 fully saturated rings. The van der Waals surface area contributed by atoms with Gasteiger partial charge < -0.3 is 10.5 Å². The number of benzene rings is 1. The fourth-order valence-electron chi connectivity index (χ4n) is 2.21. The average Bonchev–Trinajstić information content (AvgIpc) is 2.99. The number of sulfonamides is 1. The number of hydrogen-bond acceptors (Lipinski definition) is 5. The Hall–Kier alpha value is -0.760. The zero-order chi connectivity index (χ0) is 14.8. The van der Waals surface area contributed by atoms with Gasteiger partial charge in [-0.3, -0.25) is 0 Å². The lowest BCUT2D eigenvalue weighted by Gasteiger charge is -2.24. The third kappa shape index (κ3) is 2.95. The summed E-state index contributed by atoms with van der Waals surface area (Å²) in [6.07, 6.45) is 0.892. The molecule has 2 rings (SSSR count). The smallest absolute Gasteiger partial charge is 0.246 e. The van der Waals surface area contributed by atoms with E-state index in [1.807, 2.05) is 0 Å². The van der Waals surface area contributed by atoms with Crippen LogP contribution >= 0.6 is 11.8 Å². The van der Waals surface area contributed by atoms with Crippen LogP contribution in [0.5, 0.6) is 5.75 Å². The predicted molar refractivity (Wildman–Crippen MR) is 81.6 cm³/mol. The lowest BCUT2D eigenvalue weighted by Crippen LogP contribution is -2.37. The van der Waals surface area contributed by atoms with Crippen LogP contribution < -0.4 is 10.5 Å². The number of rotatable bonds is 5. The molecular formula is C13H20N2O3S2. The maximum absolute atomic E-state index is 12.7. The van der Waals surface area contributed by atoms with E-state index < -0.39 is 10.0 Å². The first-order valence-corrected chi connectivity index (χ1v) is 9.03. The number of nitrogens with two attached hydrogens (primary N) is 1. The van der Waals surface area contributed by atoms with Crippen LogP contribution in [0.4, 0.5) is 0 Å². The van der Waals surface area contributed by atoms with Gasteiger partial charge in [0.2, 0.25) is 10.0 Å². The molecule has 1 aliphatic rings. The summed E-state index contributed by atoms with van der Waals surface area (Å²) in [4.78, 5) is 0.205. The summed E-state index contributed by atoms with van der Waals surface area (Å²) < 4.78 is 32.1. The Labute approximate surface area is 124 Å². The maximum Gasteiger partial charge on any atom is 0.246 e. The number of hydrogen-bond donors (Lipinski definition) is 1. The molecule has 1 atom stereocenters. The van der Waals surface area contributed by atoms with Crippen LogP contribution in [0.1, 0.15) is 12.0 Å². The molecule has 1 aromatic carbocycles. The molecule has 5 nitrogen and oxygen atoms in total. The quantitative estimate of drug-likeness (QED) is 0.886. The van der Waals surface area contributed by atoms with Crippen molar-refractivity contribution in [3.8, 4) is 5.75 Å². The third-order valence-electron chi connectivity index (χ3n) is 3.54. The minimum atomic E-state index is -3.54. The second-order valence-electron chi connectivity index (χ2n) is 4.73. The van der Waals surface area contributed by atoms with Gasteiger partial charge in [0.1, 0.15) is 10.6 Å². The Morgan fingerprint density at radius 1 is 1.50 bits per heavy atom. The van der Waals surface area contributed by atoms with Crippen molar-refractivity contribution in [1.29, 1.82) is 0 Å². The van der Waals surface area contributed by atoms with E-state index >= 15 is 0 Å². The molecule has 1 unspecified atom stereocenters. The van der Waals surface area contributed by atoms with Gasteiger partial charge in [-0.05, 0) is 29.9 Å². The average molecular weight is 316 g/mol. The summed E-state index contributed by atoms with van der Waals surface area (Å²) in [6.45, 7) is 0.353. The Bertz CT molecular complexity index is 569. The SMILES string of the molecule is COc1cc(CN)ccc1S(=O)(=O)N(C)C1CCSC1. The molecule has 1 aromatic rings. The van der Waals surface area contributed by atoms with Crippen molar-refractivity contribution in [2.24, 2.45) is 5.73 Å². The van der Waals surface area contributed by atoms with Crippen LogP contribution in [0, 0.1) is 0 Å². The van der Waals surface area contributed by atoms with Gasteiger partial charge in [-0.15, -0.1) is 0 Å². The van der Waals surface area contributed by atoms with E-state index in [1.54, 1.807) is 37.0 Å². The van der Waals surface area contributed by atoms with Gasteiger partial charge in [-0.1, -0.05) is 6.07 Å². The molecule has 0 bridgehead atoms. The summed E-state index contributed by atoms with van der Waals surface area (Å²) in [7, 11) is -0.423. The van der Waals surface area contributed by atoms with Crippen molar-refractivity contribution in [1.82, 2.24) is 4.31 Å². The highest BCUT2D eigenvalue weighted by Crippen LogP contribution is 2.31. The minimum absolute atomic E-state index is 0.0592. The first-order valence-electron chi connectivity index (χ1n) is 6.43. The molecule has 1 heterocycles. The summed E-state index contributed by atoms with van der Waals surface area (Å²) in [5, 5.41) is 0. The van der Waals surface area contributed by atoms with Crippen molar-refractivity contribution >= 4 is 21.8 Å². The highest BCUT2D eigenvalue weighted by Gasteiger charge is 2.32. The van der Waals surface area contributed by atoms with Crippen LogP contribution in [0.15, 0.2) is 23.1 Å². The fourth-order valence-corrected chi connectivity index (χ4v) is 5.09. The molecule has 1 saturated heterocycles. The molecule has 7 heteroatoms. The highest BCUT2D eigenvalue weighted by atomic mass is 32.2. The molecule has 0 radical (unpaired) electrons. The Morgan fingerprint density at radius 3 is 2.80 bits per heavy atom. The number of thioether (sulfide) groups is 1. The molecule has 0 aliphatic carbocycles. The zero-order valence-electron chi connectivity index (χ0n) is 11.7. The van der Waals surface area contributed by atoms with Gasteiger partial charge in [0.15, 0.2) is 0 Å². The fraction of sp³-hybridized carbons (Fsp3) is 0.538. The van der Waals surface area contributed by atoms with Gasteiger partial charge in [0, 0.05) is 25.4 Å². The van der Waals surface area contributed by atoms with Gasteiger partial charge in [0.05, 0.1) is 7.11 Å². The molecular weight excluding hydrogens is 296 g/mol. The normalized spacial score (nSPS) is 19.5. The van der Waals surface area contributed by atoms with E-state index in [0.29, 0.717) is 12.3 Å². The van der Waals surface area contributed by atoms with Crippen LogP contribution in [-0.2, 0) is 16.6 Å². The van der Waals surface area contributed by atoms with Crippen molar-refractivity contribution in [2.75, 3.05) is 25.7 Å². The number of methoxy groups -OCH3 is 1. The van der Waals surface area contributed by atoms with Crippen LogP contribution in [0.25, 0.3) is 0 Å². The van der Waals surface area contributed by atoms with E-state index in [0.717, 1.165) is 23.5 Å². The molecule has 112 valence electrons. The van der Waals surface area contributed by atoms with Crippen molar-refractivity contribution in [3.05, 3.63) is 23.8 Å². The van der Waals surface area contributed by atoms with Gasteiger partial charge in [-0.2, -0.15) is 16.1 Å². The summed E-state index contributed by atoms with van der Waals surface area (Å²) >= 11 is 1.78. The molecule has 0 saturated carbocycles. The maximum atomic E-state index is 12.7. The lowest BCUT2D eigenvalue weighted by molar-refractivity contribution is 0.380.